The third-order valence-electron chi connectivity index (χ3n) is 3.41. The van der Waals surface area contributed by atoms with Gasteiger partial charge >= 0.3 is 0 Å². The minimum Gasteiger partial charge on any atom is -0.396 e. The summed E-state index contributed by atoms with van der Waals surface area (Å²) >= 11 is 0. The van der Waals surface area contributed by atoms with Gasteiger partial charge < -0.3 is 5.73 Å². The van der Waals surface area contributed by atoms with Crippen LogP contribution < -0.4 is 10.6 Å². The topological polar surface area (TPSA) is 42.2 Å². The van der Waals surface area contributed by atoms with Gasteiger partial charge in [0.25, 0.3) is 0 Å². The average molecular weight is 287 g/mol. The first kappa shape index (κ1) is 13.9. The molecule has 0 aliphatic heterocycles. The Hall–Kier alpha value is -3.07. The van der Waals surface area contributed by atoms with Gasteiger partial charge in [0.15, 0.2) is 5.82 Å². The van der Waals surface area contributed by atoms with Crippen LogP contribution in [0.2, 0.25) is 0 Å². The summed E-state index contributed by atoms with van der Waals surface area (Å²) in [7, 11) is 0. The summed E-state index contributed by atoms with van der Waals surface area (Å²) in [5.41, 5.74) is 9.83. The van der Waals surface area contributed by atoms with Crippen molar-refractivity contribution in [1.82, 2.24) is 4.98 Å². The van der Waals surface area contributed by atoms with Gasteiger partial charge in [0.2, 0.25) is 0 Å². The summed E-state index contributed by atoms with van der Waals surface area (Å²) in [6.45, 7) is 3.84. The molecule has 0 saturated heterocycles. The highest BCUT2D eigenvalue weighted by atomic mass is 15.2. The lowest BCUT2D eigenvalue weighted by Gasteiger charge is -2.25. The Morgan fingerprint density at radius 3 is 2.41 bits per heavy atom. The van der Waals surface area contributed by atoms with E-state index in [0.717, 1.165) is 22.8 Å². The predicted molar refractivity (Wildman–Crippen MR) is 93.4 cm³/mol. The lowest BCUT2D eigenvalue weighted by atomic mass is 10.1. The molecular formula is C19H17N3. The quantitative estimate of drug-likeness (QED) is 0.751. The average Bonchev–Trinajstić information content (AvgIpc) is 2.58. The van der Waals surface area contributed by atoms with Crippen LogP contribution in [0.1, 0.15) is 5.56 Å². The van der Waals surface area contributed by atoms with E-state index in [2.05, 4.69) is 17.6 Å². The van der Waals surface area contributed by atoms with Crippen LogP contribution in [0.3, 0.4) is 0 Å². The van der Waals surface area contributed by atoms with Crippen molar-refractivity contribution in [3.63, 3.8) is 0 Å². The molecule has 3 heteroatoms. The monoisotopic (exact) mass is 287 g/mol. The molecule has 22 heavy (non-hydrogen) atoms. The number of anilines is 4. The molecular weight excluding hydrogens is 270 g/mol. The number of hydrogen-bond acceptors (Lipinski definition) is 3. The van der Waals surface area contributed by atoms with Gasteiger partial charge in [-0.05, 0) is 42.0 Å². The van der Waals surface area contributed by atoms with Crippen molar-refractivity contribution in [2.45, 2.75) is 0 Å². The van der Waals surface area contributed by atoms with Crippen molar-refractivity contribution >= 4 is 29.0 Å². The first-order valence-corrected chi connectivity index (χ1v) is 7.08. The second kappa shape index (κ2) is 6.14. The van der Waals surface area contributed by atoms with Crippen molar-refractivity contribution in [1.29, 1.82) is 0 Å². The summed E-state index contributed by atoms with van der Waals surface area (Å²) in [6.07, 6.45) is 3.58. The maximum Gasteiger partial charge on any atom is 0.160 e. The molecule has 0 aliphatic carbocycles. The number of aromatic nitrogens is 1. The summed E-state index contributed by atoms with van der Waals surface area (Å²) < 4.78 is 0. The first-order valence-electron chi connectivity index (χ1n) is 7.08. The minimum atomic E-state index is 0.635. The van der Waals surface area contributed by atoms with E-state index in [1.807, 2.05) is 71.6 Å². The fraction of sp³-hybridized carbons (Fsp3) is 0. The van der Waals surface area contributed by atoms with Crippen LogP contribution in [-0.4, -0.2) is 4.98 Å². The van der Waals surface area contributed by atoms with E-state index >= 15 is 0 Å². The molecule has 0 unspecified atom stereocenters. The highest BCUT2D eigenvalue weighted by Gasteiger charge is 2.15. The van der Waals surface area contributed by atoms with Crippen molar-refractivity contribution in [3.05, 3.63) is 85.1 Å². The van der Waals surface area contributed by atoms with E-state index in [-0.39, 0.29) is 0 Å². The molecule has 108 valence electrons. The van der Waals surface area contributed by atoms with Crippen molar-refractivity contribution in [2.24, 2.45) is 0 Å². The molecule has 1 aromatic heterocycles. The fourth-order valence-corrected chi connectivity index (χ4v) is 2.36. The Labute approximate surface area is 130 Å². The van der Waals surface area contributed by atoms with E-state index < -0.39 is 0 Å². The highest BCUT2D eigenvalue weighted by Crippen LogP contribution is 2.36. The zero-order valence-corrected chi connectivity index (χ0v) is 12.2. The van der Waals surface area contributed by atoms with Crippen LogP contribution in [0.15, 0.2) is 79.5 Å². The van der Waals surface area contributed by atoms with Crippen molar-refractivity contribution in [3.8, 4) is 0 Å². The number of nitrogen functional groups attached to an aromatic ring is 1. The number of para-hydroxylation sites is 1. The number of benzene rings is 2. The molecule has 0 radical (unpaired) electrons. The molecule has 2 N–H and O–H groups in total. The summed E-state index contributed by atoms with van der Waals surface area (Å²) in [6, 6.07) is 21.9. The summed E-state index contributed by atoms with van der Waals surface area (Å²) in [5.74, 6) is 0.718. The Morgan fingerprint density at radius 2 is 1.68 bits per heavy atom. The number of pyridine rings is 1. The maximum absolute atomic E-state index is 6.14. The molecule has 0 saturated carbocycles. The van der Waals surface area contributed by atoms with E-state index in [1.165, 1.54) is 0 Å². The van der Waals surface area contributed by atoms with E-state index in [1.54, 1.807) is 6.20 Å². The summed E-state index contributed by atoms with van der Waals surface area (Å²) in [4.78, 5) is 6.51. The van der Waals surface area contributed by atoms with Crippen LogP contribution in [-0.2, 0) is 0 Å². The molecule has 3 aromatic rings. The fourth-order valence-electron chi connectivity index (χ4n) is 2.36. The molecule has 0 amide bonds. The third kappa shape index (κ3) is 2.69. The molecule has 0 bridgehead atoms. The van der Waals surface area contributed by atoms with E-state index in [4.69, 9.17) is 5.73 Å². The van der Waals surface area contributed by atoms with Gasteiger partial charge in [0.05, 0.1) is 5.69 Å². The van der Waals surface area contributed by atoms with Crippen LogP contribution in [0.4, 0.5) is 22.9 Å². The lowest BCUT2D eigenvalue weighted by Crippen LogP contribution is -2.13. The number of nitrogens with zero attached hydrogens (tertiary/aromatic N) is 2. The van der Waals surface area contributed by atoms with Crippen LogP contribution in [0.25, 0.3) is 6.08 Å². The maximum atomic E-state index is 6.14. The van der Waals surface area contributed by atoms with E-state index in [9.17, 15) is 0 Å². The van der Waals surface area contributed by atoms with Gasteiger partial charge in [0.1, 0.15) is 0 Å². The Balaban J connectivity index is 2.19. The van der Waals surface area contributed by atoms with Gasteiger partial charge in [-0.25, -0.2) is 4.98 Å². The van der Waals surface area contributed by atoms with Gasteiger partial charge in [-0.1, -0.05) is 43.0 Å². The summed E-state index contributed by atoms with van der Waals surface area (Å²) in [5, 5.41) is 0. The number of nitrogens with two attached hydrogens (primary N) is 1. The second-order valence-corrected chi connectivity index (χ2v) is 4.89. The van der Waals surface area contributed by atoms with Gasteiger partial charge in [0, 0.05) is 17.6 Å². The zero-order chi connectivity index (χ0) is 15.4. The molecule has 0 aliphatic rings. The van der Waals surface area contributed by atoms with Gasteiger partial charge in [-0.3, -0.25) is 4.90 Å². The number of hydrogen-bond donors (Lipinski definition) is 1. The largest absolute Gasteiger partial charge is 0.396 e. The standard InChI is InChI=1S/C19H17N3/c1-2-15-8-6-11-17(14-15)22(16-9-4-3-5-10-16)19-18(20)12-7-13-21-19/h2-14H,1,20H2. The Morgan fingerprint density at radius 1 is 0.909 bits per heavy atom. The Kier molecular flexibility index (Phi) is 3.88. The predicted octanol–water partition coefficient (Wildman–Crippen LogP) is 4.78. The molecule has 2 aromatic carbocycles. The van der Waals surface area contributed by atoms with E-state index in [0.29, 0.717) is 5.69 Å². The minimum absolute atomic E-state index is 0.635. The number of rotatable bonds is 4. The van der Waals surface area contributed by atoms with Gasteiger partial charge in [-0.15, -0.1) is 0 Å². The third-order valence-corrected chi connectivity index (χ3v) is 3.41. The van der Waals surface area contributed by atoms with Crippen LogP contribution in [0.5, 0.6) is 0 Å². The molecule has 0 atom stereocenters. The van der Waals surface area contributed by atoms with Crippen LogP contribution in [0, 0.1) is 0 Å². The second-order valence-electron chi connectivity index (χ2n) is 4.89. The molecule has 0 fully saturated rings. The van der Waals surface area contributed by atoms with Crippen LogP contribution >= 0.6 is 0 Å². The SMILES string of the molecule is C=Cc1cccc(N(c2ccccc2)c2ncccc2N)c1. The molecule has 3 nitrogen and oxygen atoms in total. The van der Waals surface area contributed by atoms with Crippen molar-refractivity contribution in [2.75, 3.05) is 10.6 Å². The zero-order valence-electron chi connectivity index (χ0n) is 12.2. The molecule has 0 spiro atoms. The molecule has 3 rings (SSSR count). The van der Waals surface area contributed by atoms with Gasteiger partial charge in [-0.2, -0.15) is 0 Å². The lowest BCUT2D eigenvalue weighted by molar-refractivity contribution is 1.18. The Bertz CT molecular complexity index is 781. The normalized spacial score (nSPS) is 10.2. The van der Waals surface area contributed by atoms with Crippen molar-refractivity contribution < 1.29 is 0 Å². The highest BCUT2D eigenvalue weighted by molar-refractivity contribution is 5.81. The molecule has 1 heterocycles. The first-order chi connectivity index (χ1) is 10.8. The smallest absolute Gasteiger partial charge is 0.160 e.